The van der Waals surface area contributed by atoms with Gasteiger partial charge in [0.1, 0.15) is 0 Å². The fraction of sp³-hybridized carbons (Fsp3) is 0.250. The third-order valence-electron chi connectivity index (χ3n) is 4.89. The summed E-state index contributed by atoms with van der Waals surface area (Å²) >= 11 is 1.58. The Balaban J connectivity index is 1.42. The molecule has 1 aliphatic rings. The normalized spacial score (nSPS) is 16.0. The molecule has 0 aliphatic carbocycles. The van der Waals surface area contributed by atoms with E-state index in [2.05, 4.69) is 4.98 Å². The van der Waals surface area contributed by atoms with Crippen molar-refractivity contribution < 1.29 is 14.5 Å². The number of aromatic nitrogens is 1. The number of carbonyl (C=O) groups is 2. The van der Waals surface area contributed by atoms with E-state index in [-0.39, 0.29) is 30.2 Å². The average Bonchev–Trinajstić information content (AvgIpc) is 3.10. The number of thiazole rings is 1. The zero-order valence-electron chi connectivity index (χ0n) is 15.6. The second-order valence-corrected chi connectivity index (χ2v) is 8.08. The van der Waals surface area contributed by atoms with E-state index < -0.39 is 4.92 Å². The highest BCUT2D eigenvalue weighted by atomic mass is 32.1. The monoisotopic (exact) mass is 410 g/mol. The van der Waals surface area contributed by atoms with Crippen LogP contribution in [0.3, 0.4) is 0 Å². The number of hydrogen-bond donors (Lipinski definition) is 0. The van der Waals surface area contributed by atoms with Crippen LogP contribution in [-0.2, 0) is 17.8 Å². The van der Waals surface area contributed by atoms with Crippen molar-refractivity contribution in [3.8, 4) is 0 Å². The fourth-order valence-electron chi connectivity index (χ4n) is 3.37. The number of nitro benzene ring substituents is 1. The molecule has 0 unspecified atom stereocenters. The standard InChI is InChI=1S/C20H18N4O4S/c1-22(12-13-6-8-14(9-7-13)24(27)28)20(26)23-15(11-19(23)25)10-18-21-16-4-2-3-5-17(16)29-18/h2-9,15H,10-12H2,1H3/t15-/m0/s1. The van der Waals surface area contributed by atoms with Crippen molar-refractivity contribution in [2.75, 3.05) is 7.05 Å². The van der Waals surface area contributed by atoms with Gasteiger partial charge in [-0.15, -0.1) is 11.3 Å². The number of nitro groups is 1. The van der Waals surface area contributed by atoms with Crippen LogP contribution in [0.1, 0.15) is 17.0 Å². The molecule has 9 heteroatoms. The second kappa shape index (κ2) is 7.59. The SMILES string of the molecule is CN(Cc1ccc([N+](=O)[O-])cc1)C(=O)N1C(=O)C[C@@H]1Cc1nc2ccccc2s1. The molecular formula is C20H18N4O4S. The molecule has 0 radical (unpaired) electrons. The molecule has 2 aromatic carbocycles. The molecule has 1 fully saturated rings. The first-order valence-corrected chi connectivity index (χ1v) is 9.89. The highest BCUT2D eigenvalue weighted by Crippen LogP contribution is 2.29. The predicted octanol–water partition coefficient (Wildman–Crippen LogP) is 3.60. The highest BCUT2D eigenvalue weighted by Gasteiger charge is 2.42. The number of non-ortho nitro benzene ring substituents is 1. The third kappa shape index (κ3) is 3.81. The smallest absolute Gasteiger partial charge is 0.323 e. The minimum absolute atomic E-state index is 0.00320. The zero-order chi connectivity index (χ0) is 20.5. The highest BCUT2D eigenvalue weighted by molar-refractivity contribution is 7.18. The van der Waals surface area contributed by atoms with E-state index in [0.29, 0.717) is 12.8 Å². The molecule has 0 saturated carbocycles. The van der Waals surface area contributed by atoms with Crippen LogP contribution < -0.4 is 0 Å². The van der Waals surface area contributed by atoms with Gasteiger partial charge in [0, 0.05) is 38.6 Å². The molecule has 4 rings (SSSR count). The Kier molecular flexibility index (Phi) is 4.98. The largest absolute Gasteiger partial charge is 0.327 e. The number of likely N-dealkylation sites (tertiary alicyclic amines) is 1. The summed E-state index contributed by atoms with van der Waals surface area (Å²) in [5, 5.41) is 11.7. The number of β-lactam (4-membered cyclic amide) rings is 1. The Morgan fingerprint density at radius 2 is 2.00 bits per heavy atom. The molecule has 0 N–H and O–H groups in total. The van der Waals surface area contributed by atoms with E-state index >= 15 is 0 Å². The van der Waals surface area contributed by atoms with Crippen LogP contribution in [0.15, 0.2) is 48.5 Å². The van der Waals surface area contributed by atoms with Crippen molar-refractivity contribution in [2.24, 2.45) is 0 Å². The van der Waals surface area contributed by atoms with Gasteiger partial charge in [0.25, 0.3) is 5.69 Å². The Labute approximate surface area is 170 Å². The number of urea groups is 1. The van der Waals surface area contributed by atoms with Gasteiger partial charge >= 0.3 is 6.03 Å². The number of carbonyl (C=O) groups excluding carboxylic acids is 2. The zero-order valence-corrected chi connectivity index (χ0v) is 16.5. The number of benzene rings is 2. The van der Waals surface area contributed by atoms with E-state index in [1.54, 1.807) is 30.5 Å². The predicted molar refractivity (Wildman–Crippen MR) is 109 cm³/mol. The molecule has 148 valence electrons. The van der Waals surface area contributed by atoms with Crippen molar-refractivity contribution in [1.29, 1.82) is 0 Å². The molecule has 0 bridgehead atoms. The number of hydrogen-bond acceptors (Lipinski definition) is 6. The van der Waals surface area contributed by atoms with Crippen molar-refractivity contribution in [1.82, 2.24) is 14.8 Å². The van der Waals surface area contributed by atoms with Crippen molar-refractivity contribution in [2.45, 2.75) is 25.4 Å². The van der Waals surface area contributed by atoms with E-state index in [9.17, 15) is 19.7 Å². The van der Waals surface area contributed by atoms with Crippen LogP contribution >= 0.6 is 11.3 Å². The summed E-state index contributed by atoms with van der Waals surface area (Å²) in [6.07, 6.45) is 0.870. The Bertz CT molecular complexity index is 1060. The maximum Gasteiger partial charge on any atom is 0.327 e. The first-order chi connectivity index (χ1) is 13.9. The van der Waals surface area contributed by atoms with Crippen LogP contribution in [0.5, 0.6) is 0 Å². The van der Waals surface area contributed by atoms with Gasteiger partial charge in [0.05, 0.1) is 26.2 Å². The minimum Gasteiger partial charge on any atom is -0.323 e. The topological polar surface area (TPSA) is 96.6 Å². The molecule has 29 heavy (non-hydrogen) atoms. The average molecular weight is 410 g/mol. The lowest BCUT2D eigenvalue weighted by molar-refractivity contribution is -0.384. The molecule has 1 aliphatic heterocycles. The summed E-state index contributed by atoms with van der Waals surface area (Å²) < 4.78 is 1.08. The minimum atomic E-state index is -0.468. The number of amides is 3. The van der Waals surface area contributed by atoms with Crippen LogP contribution in [0, 0.1) is 10.1 Å². The molecule has 2 heterocycles. The van der Waals surface area contributed by atoms with E-state index in [1.807, 2.05) is 24.3 Å². The molecule has 3 amide bonds. The van der Waals surface area contributed by atoms with Crippen molar-refractivity contribution in [3.05, 3.63) is 69.2 Å². The van der Waals surface area contributed by atoms with E-state index in [0.717, 1.165) is 20.8 Å². The first-order valence-electron chi connectivity index (χ1n) is 9.07. The van der Waals surface area contributed by atoms with Gasteiger partial charge in [-0.05, 0) is 17.7 Å². The van der Waals surface area contributed by atoms with Gasteiger partial charge in [-0.1, -0.05) is 24.3 Å². The van der Waals surface area contributed by atoms with Gasteiger partial charge in [-0.2, -0.15) is 0 Å². The van der Waals surface area contributed by atoms with Crippen LogP contribution in [0.4, 0.5) is 10.5 Å². The molecule has 1 atom stereocenters. The summed E-state index contributed by atoms with van der Waals surface area (Å²) in [6.45, 7) is 0.258. The lowest BCUT2D eigenvalue weighted by atomic mass is 9.99. The van der Waals surface area contributed by atoms with Crippen LogP contribution in [0.2, 0.25) is 0 Å². The summed E-state index contributed by atoms with van der Waals surface area (Å²) in [4.78, 5) is 42.5. The number of rotatable bonds is 5. The van der Waals surface area contributed by atoms with Crippen molar-refractivity contribution >= 4 is 39.2 Å². The summed E-state index contributed by atoms with van der Waals surface area (Å²) in [7, 11) is 1.62. The van der Waals surface area contributed by atoms with Gasteiger partial charge in [-0.25, -0.2) is 9.78 Å². The van der Waals surface area contributed by atoms with Crippen molar-refractivity contribution in [3.63, 3.8) is 0 Å². The first kappa shape index (κ1) is 19.0. The summed E-state index contributed by atoms with van der Waals surface area (Å²) in [5.74, 6) is -0.198. The lowest BCUT2D eigenvalue weighted by Crippen LogP contribution is -2.59. The number of fused-ring (bicyclic) bond motifs is 1. The Morgan fingerprint density at radius 3 is 2.66 bits per heavy atom. The lowest BCUT2D eigenvalue weighted by Gasteiger charge is -2.40. The molecule has 0 spiro atoms. The maximum atomic E-state index is 12.8. The summed E-state index contributed by atoms with van der Waals surface area (Å²) in [5.41, 5.74) is 1.67. The quantitative estimate of drug-likeness (QED) is 0.364. The van der Waals surface area contributed by atoms with Gasteiger partial charge in [0.15, 0.2) is 0 Å². The Hall–Kier alpha value is -3.33. The molecule has 3 aromatic rings. The van der Waals surface area contributed by atoms with Gasteiger partial charge < -0.3 is 4.90 Å². The second-order valence-electron chi connectivity index (χ2n) is 6.96. The summed E-state index contributed by atoms with van der Waals surface area (Å²) in [6, 6.07) is 13.3. The van der Waals surface area contributed by atoms with Crippen LogP contribution in [0.25, 0.3) is 10.2 Å². The van der Waals surface area contributed by atoms with Crippen LogP contribution in [-0.4, -0.2) is 44.7 Å². The third-order valence-corrected chi connectivity index (χ3v) is 5.95. The number of para-hydroxylation sites is 1. The molecule has 8 nitrogen and oxygen atoms in total. The van der Waals surface area contributed by atoms with E-state index in [1.165, 1.54) is 21.9 Å². The fourth-order valence-corrected chi connectivity index (χ4v) is 4.40. The van der Waals surface area contributed by atoms with Gasteiger partial charge in [0.2, 0.25) is 5.91 Å². The number of imide groups is 1. The van der Waals surface area contributed by atoms with Gasteiger partial charge in [-0.3, -0.25) is 19.8 Å². The molecular weight excluding hydrogens is 392 g/mol. The molecule has 1 saturated heterocycles. The maximum absolute atomic E-state index is 12.8. The Morgan fingerprint density at radius 1 is 1.28 bits per heavy atom. The van der Waals surface area contributed by atoms with E-state index in [4.69, 9.17) is 0 Å². The number of nitrogens with zero attached hydrogens (tertiary/aromatic N) is 4. The molecule has 1 aromatic heterocycles.